The lowest BCUT2D eigenvalue weighted by molar-refractivity contribution is -0.159. The molecule has 5 rings (SSSR count). The molecule has 32 heavy (non-hydrogen) atoms. The molecule has 0 unspecified atom stereocenters. The predicted molar refractivity (Wildman–Crippen MR) is 135 cm³/mol. The number of piperidine rings is 1. The van der Waals surface area contributed by atoms with Gasteiger partial charge in [0.15, 0.2) is 0 Å². The van der Waals surface area contributed by atoms with Crippen molar-refractivity contribution in [3.8, 4) is 0 Å². The topological polar surface area (TPSA) is 33.7 Å². The smallest absolute Gasteiger partial charge is 0.212 e. The summed E-state index contributed by atoms with van der Waals surface area (Å²) in [5.41, 5.74) is 3.72. The highest BCUT2D eigenvalue weighted by molar-refractivity contribution is 9.10. The molecule has 0 saturated carbocycles. The van der Waals surface area contributed by atoms with E-state index in [1.54, 1.807) is 0 Å². The fourth-order valence-electron chi connectivity index (χ4n) is 5.85. The Morgan fingerprint density at radius 3 is 2.62 bits per heavy atom. The lowest BCUT2D eigenvalue weighted by Crippen LogP contribution is -2.52. The van der Waals surface area contributed by atoms with E-state index in [2.05, 4.69) is 76.5 Å². The monoisotopic (exact) mass is 514 g/mol. The third-order valence-electron chi connectivity index (χ3n) is 7.59. The van der Waals surface area contributed by atoms with Crippen LogP contribution in [0.25, 0.3) is 0 Å². The Bertz CT molecular complexity index is 976. The zero-order valence-electron chi connectivity index (χ0n) is 18.7. The summed E-state index contributed by atoms with van der Waals surface area (Å²) in [5, 5.41) is 3.61. The van der Waals surface area contributed by atoms with Gasteiger partial charge in [0.05, 0.1) is 24.7 Å². The molecule has 3 aliphatic heterocycles. The molecule has 0 spiro atoms. The van der Waals surface area contributed by atoms with Crippen molar-refractivity contribution in [1.82, 2.24) is 10.2 Å². The Labute approximate surface area is 204 Å². The zero-order valence-corrected chi connectivity index (χ0v) is 21.1. The van der Waals surface area contributed by atoms with Crippen LogP contribution in [-0.2, 0) is 15.3 Å². The van der Waals surface area contributed by atoms with Crippen molar-refractivity contribution >= 4 is 33.1 Å². The van der Waals surface area contributed by atoms with Crippen LogP contribution in [0.4, 0.5) is 0 Å². The van der Waals surface area contributed by atoms with Crippen LogP contribution < -0.4 is 5.32 Å². The van der Waals surface area contributed by atoms with Crippen LogP contribution in [0.1, 0.15) is 41.9 Å². The normalized spacial score (nSPS) is 29.2. The summed E-state index contributed by atoms with van der Waals surface area (Å²) >= 11 is 9.67. The third kappa shape index (κ3) is 4.16. The summed E-state index contributed by atoms with van der Waals surface area (Å²) in [4.78, 5) is 3.50. The molecule has 3 aliphatic rings. The lowest BCUT2D eigenvalue weighted by atomic mass is 9.76. The maximum absolute atomic E-state index is 6.15. The summed E-state index contributed by atoms with van der Waals surface area (Å²) < 4.78 is 13.3. The van der Waals surface area contributed by atoms with Crippen molar-refractivity contribution in [3.05, 3.63) is 69.7 Å². The van der Waals surface area contributed by atoms with E-state index in [9.17, 15) is 0 Å². The lowest BCUT2D eigenvalue weighted by Gasteiger charge is -2.44. The second-order valence-corrected chi connectivity index (χ2v) is 10.8. The molecule has 2 aromatic rings. The van der Waals surface area contributed by atoms with Crippen molar-refractivity contribution in [2.24, 2.45) is 5.92 Å². The number of aryl methyl sites for hydroxylation is 1. The van der Waals surface area contributed by atoms with Crippen LogP contribution in [0.3, 0.4) is 0 Å². The molecule has 0 amide bonds. The van der Waals surface area contributed by atoms with Gasteiger partial charge in [0.2, 0.25) is 5.79 Å². The predicted octanol–water partition coefficient (Wildman–Crippen LogP) is 5.14. The number of halogens is 1. The van der Waals surface area contributed by atoms with E-state index in [1.807, 2.05) is 12.1 Å². The molecule has 2 aromatic carbocycles. The van der Waals surface area contributed by atoms with Gasteiger partial charge in [-0.05, 0) is 56.8 Å². The van der Waals surface area contributed by atoms with E-state index >= 15 is 0 Å². The highest BCUT2D eigenvalue weighted by Crippen LogP contribution is 2.46. The van der Waals surface area contributed by atoms with Crippen LogP contribution >= 0.6 is 28.1 Å². The molecular formula is C26H31BrN2O2S. The quantitative estimate of drug-likeness (QED) is 0.558. The Kier molecular flexibility index (Phi) is 6.43. The Morgan fingerprint density at radius 2 is 1.91 bits per heavy atom. The summed E-state index contributed by atoms with van der Waals surface area (Å²) in [6, 6.07) is 18.4. The maximum atomic E-state index is 6.15. The molecule has 0 aromatic heterocycles. The van der Waals surface area contributed by atoms with Gasteiger partial charge in [0, 0.05) is 28.0 Å². The van der Waals surface area contributed by atoms with E-state index in [0.717, 1.165) is 21.4 Å². The highest BCUT2D eigenvalue weighted by atomic mass is 79.9. The molecule has 4 nitrogen and oxygen atoms in total. The highest BCUT2D eigenvalue weighted by Gasteiger charge is 2.48. The molecule has 0 aliphatic carbocycles. The minimum Gasteiger partial charge on any atom is -0.374 e. The van der Waals surface area contributed by atoms with E-state index in [4.69, 9.17) is 21.7 Å². The number of hydrogen-bond acceptors (Lipinski definition) is 4. The van der Waals surface area contributed by atoms with Gasteiger partial charge >= 0.3 is 0 Å². The zero-order chi connectivity index (χ0) is 22.3. The molecule has 2 bridgehead atoms. The second kappa shape index (κ2) is 9.15. The van der Waals surface area contributed by atoms with Gasteiger partial charge in [-0.3, -0.25) is 4.90 Å². The first-order valence-corrected chi connectivity index (χ1v) is 12.8. The third-order valence-corrected chi connectivity index (χ3v) is 8.50. The van der Waals surface area contributed by atoms with E-state index in [0.29, 0.717) is 37.8 Å². The van der Waals surface area contributed by atoms with Crippen LogP contribution in [0.2, 0.25) is 0 Å². The first-order chi connectivity index (χ1) is 15.5. The van der Waals surface area contributed by atoms with Gasteiger partial charge in [-0.1, -0.05) is 70.1 Å². The molecule has 1 N–H and O–H groups in total. The first kappa shape index (κ1) is 22.5. The molecular weight excluding hydrogens is 484 g/mol. The van der Waals surface area contributed by atoms with Crippen molar-refractivity contribution in [3.63, 3.8) is 0 Å². The number of nitrogens with zero attached hydrogens (tertiary/aromatic N) is 1. The number of benzene rings is 2. The summed E-state index contributed by atoms with van der Waals surface area (Å²) in [6.07, 6.45) is 3.63. The summed E-state index contributed by atoms with van der Waals surface area (Å²) in [7, 11) is 2.27. The molecule has 4 atom stereocenters. The van der Waals surface area contributed by atoms with Crippen molar-refractivity contribution < 1.29 is 9.47 Å². The Hall–Kier alpha value is -1.31. The number of rotatable bonds is 5. The van der Waals surface area contributed by atoms with Crippen molar-refractivity contribution in [1.29, 1.82) is 0 Å². The van der Waals surface area contributed by atoms with Gasteiger partial charge < -0.3 is 14.8 Å². The Morgan fingerprint density at radius 1 is 1.16 bits per heavy atom. The SMILES string of the molecule is Cc1ccc([C@H]2C[C@@H]3CC[C@H]([C@H]2C(=S)NCC2(c4cccc(Br)c4)OCCO2)N3C)cc1. The van der Waals surface area contributed by atoms with Crippen LogP contribution in [0.15, 0.2) is 53.0 Å². The summed E-state index contributed by atoms with van der Waals surface area (Å²) in [5.74, 6) is -0.0691. The number of thiocarbonyl (C=S) groups is 1. The standard InChI is InChI=1S/C26H31BrN2O2S/c1-17-6-8-18(9-7-17)22-15-21-10-11-23(29(21)2)24(22)25(32)28-16-26(30-12-13-31-26)19-4-3-5-20(27)14-19/h3-9,14,21-24H,10-13,15-16H2,1-2H3,(H,28,32)/t21-,22+,23+,24-/m0/s1. The van der Waals surface area contributed by atoms with E-state index in [-0.39, 0.29) is 5.92 Å². The summed E-state index contributed by atoms with van der Waals surface area (Å²) in [6.45, 7) is 3.83. The fourth-order valence-corrected chi connectivity index (χ4v) is 6.65. The minimum absolute atomic E-state index is 0.289. The molecule has 0 radical (unpaired) electrons. The largest absolute Gasteiger partial charge is 0.374 e. The van der Waals surface area contributed by atoms with Crippen LogP contribution in [0, 0.1) is 12.8 Å². The van der Waals surface area contributed by atoms with Gasteiger partial charge in [-0.25, -0.2) is 0 Å². The van der Waals surface area contributed by atoms with Crippen molar-refractivity contribution in [2.45, 2.75) is 50.0 Å². The molecule has 170 valence electrons. The molecule has 3 fully saturated rings. The first-order valence-electron chi connectivity index (χ1n) is 11.6. The number of fused-ring (bicyclic) bond motifs is 2. The molecule has 6 heteroatoms. The minimum atomic E-state index is -0.800. The average Bonchev–Trinajstić information content (AvgIpc) is 3.35. The number of hydrogen-bond donors (Lipinski definition) is 1. The molecule has 3 heterocycles. The second-order valence-electron chi connectivity index (χ2n) is 9.42. The fraction of sp³-hybridized carbons (Fsp3) is 0.500. The Balaban J connectivity index is 1.39. The van der Waals surface area contributed by atoms with Gasteiger partial charge in [-0.2, -0.15) is 0 Å². The van der Waals surface area contributed by atoms with E-state index in [1.165, 1.54) is 24.0 Å². The van der Waals surface area contributed by atoms with E-state index < -0.39 is 5.79 Å². The average molecular weight is 516 g/mol. The maximum Gasteiger partial charge on any atom is 0.212 e. The number of ether oxygens (including phenoxy) is 2. The number of nitrogens with one attached hydrogen (secondary N) is 1. The van der Waals surface area contributed by atoms with Gasteiger partial charge in [-0.15, -0.1) is 0 Å². The molecule has 3 saturated heterocycles. The van der Waals surface area contributed by atoms with Crippen LogP contribution in [-0.4, -0.2) is 48.8 Å². The van der Waals surface area contributed by atoms with Crippen LogP contribution in [0.5, 0.6) is 0 Å². The van der Waals surface area contributed by atoms with Gasteiger partial charge in [0.25, 0.3) is 0 Å². The van der Waals surface area contributed by atoms with Crippen molar-refractivity contribution in [2.75, 3.05) is 26.8 Å². The van der Waals surface area contributed by atoms with Gasteiger partial charge in [0.1, 0.15) is 0 Å².